The summed E-state index contributed by atoms with van der Waals surface area (Å²) in [5.41, 5.74) is 2.69. The van der Waals surface area contributed by atoms with Crippen LogP contribution in [-0.4, -0.2) is 52.2 Å². The number of aromatic nitrogens is 7. The molecule has 1 aromatic carbocycles. The van der Waals surface area contributed by atoms with Crippen LogP contribution in [0.1, 0.15) is 12.0 Å². The lowest BCUT2D eigenvalue weighted by Gasteiger charge is -2.14. The first-order chi connectivity index (χ1) is 15.1. The maximum absolute atomic E-state index is 13.1. The number of carbonyl (C=O) groups is 1. The Morgan fingerprint density at radius 1 is 1.10 bits per heavy atom. The van der Waals surface area contributed by atoms with E-state index in [4.69, 9.17) is 0 Å². The van der Waals surface area contributed by atoms with Crippen LogP contribution in [0, 0.1) is 6.92 Å². The highest BCUT2D eigenvalue weighted by Crippen LogP contribution is 2.34. The predicted octanol–water partition coefficient (Wildman–Crippen LogP) is 2.66. The number of nitrogens with zero attached hydrogens (tertiary/aromatic N) is 8. The predicted molar refractivity (Wildman–Crippen MR) is 117 cm³/mol. The summed E-state index contributed by atoms with van der Waals surface area (Å²) in [6, 6.07) is 9.95. The van der Waals surface area contributed by atoms with Crippen LogP contribution in [0.25, 0.3) is 17.2 Å². The number of anilines is 1. The summed E-state index contributed by atoms with van der Waals surface area (Å²) in [6.07, 6.45) is 7.45. The molecule has 0 spiro atoms. The lowest BCUT2D eigenvalue weighted by molar-refractivity contribution is -0.116. The number of aryl methyl sites for hydroxylation is 2. The first-order valence-electron chi connectivity index (χ1n) is 9.86. The summed E-state index contributed by atoms with van der Waals surface area (Å²) in [7, 11) is 1.84. The van der Waals surface area contributed by atoms with Crippen molar-refractivity contribution in [3.63, 3.8) is 0 Å². The molecule has 1 amide bonds. The monoisotopic (exact) mass is 432 g/mol. The number of amides is 1. The van der Waals surface area contributed by atoms with Gasteiger partial charge in [0.05, 0.1) is 11.4 Å². The molecule has 0 aliphatic carbocycles. The van der Waals surface area contributed by atoms with Gasteiger partial charge in [-0.3, -0.25) is 23.9 Å². The average Bonchev–Trinajstić information content (AvgIpc) is 3.49. The largest absolute Gasteiger partial charge is 0.294 e. The zero-order valence-electron chi connectivity index (χ0n) is 17.1. The third-order valence-corrected chi connectivity index (χ3v) is 6.29. The quantitative estimate of drug-likeness (QED) is 0.478. The molecule has 31 heavy (non-hydrogen) atoms. The molecule has 0 radical (unpaired) electrons. The Kier molecular flexibility index (Phi) is 4.99. The Balaban J connectivity index is 1.49. The van der Waals surface area contributed by atoms with E-state index in [1.807, 2.05) is 55.1 Å². The molecular weight excluding hydrogens is 412 g/mol. The summed E-state index contributed by atoms with van der Waals surface area (Å²) in [5.74, 6) is 1.30. The minimum atomic E-state index is -0.259. The molecule has 1 fully saturated rings. The van der Waals surface area contributed by atoms with E-state index in [-0.39, 0.29) is 11.2 Å². The maximum Gasteiger partial charge on any atom is 0.241 e. The molecule has 3 aromatic heterocycles. The zero-order chi connectivity index (χ0) is 21.4. The molecule has 0 bridgehead atoms. The van der Waals surface area contributed by atoms with Crippen LogP contribution < -0.4 is 4.90 Å². The molecular formula is C21H20N8OS. The Labute approximate surface area is 183 Å². The van der Waals surface area contributed by atoms with Gasteiger partial charge < -0.3 is 0 Å². The van der Waals surface area contributed by atoms with Crippen LogP contribution in [-0.2, 0) is 11.8 Å². The smallest absolute Gasteiger partial charge is 0.241 e. The third-order valence-electron chi connectivity index (χ3n) is 5.10. The van der Waals surface area contributed by atoms with Gasteiger partial charge in [0.1, 0.15) is 5.69 Å². The van der Waals surface area contributed by atoms with Crippen molar-refractivity contribution in [2.45, 2.75) is 23.8 Å². The maximum atomic E-state index is 13.1. The Morgan fingerprint density at radius 3 is 2.65 bits per heavy atom. The minimum Gasteiger partial charge on any atom is -0.294 e. The molecule has 9 nitrogen and oxygen atoms in total. The summed E-state index contributed by atoms with van der Waals surface area (Å²) in [6.45, 7) is 2.67. The van der Waals surface area contributed by atoms with Crippen LogP contribution >= 0.6 is 11.8 Å². The molecule has 1 atom stereocenters. The number of hydrogen-bond donors (Lipinski definition) is 0. The van der Waals surface area contributed by atoms with Crippen molar-refractivity contribution >= 4 is 23.5 Å². The van der Waals surface area contributed by atoms with E-state index in [0.29, 0.717) is 35.5 Å². The summed E-state index contributed by atoms with van der Waals surface area (Å²) < 4.78 is 3.63. The van der Waals surface area contributed by atoms with Crippen molar-refractivity contribution in [3.8, 4) is 17.2 Å². The fourth-order valence-electron chi connectivity index (χ4n) is 3.52. The molecule has 1 aliphatic heterocycles. The van der Waals surface area contributed by atoms with Gasteiger partial charge in [0.2, 0.25) is 5.91 Å². The molecule has 0 saturated carbocycles. The van der Waals surface area contributed by atoms with E-state index < -0.39 is 0 Å². The highest BCUT2D eigenvalue weighted by Gasteiger charge is 2.36. The standard InChI is InChI=1S/C21H20N8OS/c1-14-3-5-15(6-4-14)29-19(16-13-22-9-10-23-16)24-25-21(29)31-17-7-12-28(20(17)30)18-8-11-27(2)26-18/h3-6,8-11,13,17H,7,12H2,1-2H3. The molecule has 4 heterocycles. The van der Waals surface area contributed by atoms with Gasteiger partial charge in [-0.1, -0.05) is 29.5 Å². The van der Waals surface area contributed by atoms with Crippen molar-refractivity contribution in [1.29, 1.82) is 0 Å². The van der Waals surface area contributed by atoms with Gasteiger partial charge in [0.15, 0.2) is 16.8 Å². The number of carbonyl (C=O) groups excluding carboxylic acids is 1. The Hall–Kier alpha value is -3.53. The van der Waals surface area contributed by atoms with E-state index in [2.05, 4.69) is 25.3 Å². The van der Waals surface area contributed by atoms with E-state index in [1.54, 1.807) is 28.2 Å². The molecule has 1 aliphatic rings. The number of hydrogen-bond acceptors (Lipinski definition) is 7. The van der Waals surface area contributed by atoms with Crippen LogP contribution in [0.4, 0.5) is 5.82 Å². The summed E-state index contributed by atoms with van der Waals surface area (Å²) in [5, 5.41) is 13.5. The van der Waals surface area contributed by atoms with E-state index in [0.717, 1.165) is 11.3 Å². The van der Waals surface area contributed by atoms with Gasteiger partial charge in [0.25, 0.3) is 0 Å². The summed E-state index contributed by atoms with van der Waals surface area (Å²) >= 11 is 1.42. The number of thioether (sulfide) groups is 1. The topological polar surface area (TPSA) is 94.6 Å². The second kappa shape index (κ2) is 7.95. The molecule has 5 rings (SSSR count). The van der Waals surface area contributed by atoms with Gasteiger partial charge in [-0.05, 0) is 25.5 Å². The summed E-state index contributed by atoms with van der Waals surface area (Å²) in [4.78, 5) is 23.3. The van der Waals surface area contributed by atoms with Crippen LogP contribution in [0.2, 0.25) is 0 Å². The number of rotatable bonds is 5. The lowest BCUT2D eigenvalue weighted by atomic mass is 10.2. The Bertz CT molecular complexity index is 1220. The lowest BCUT2D eigenvalue weighted by Crippen LogP contribution is -2.28. The number of benzene rings is 1. The highest BCUT2D eigenvalue weighted by molar-refractivity contribution is 8.00. The SMILES string of the molecule is Cc1ccc(-n2c(SC3CCN(c4ccn(C)n4)C3=O)nnc2-c2cnccn2)cc1. The van der Waals surface area contributed by atoms with Crippen LogP contribution in [0.5, 0.6) is 0 Å². The van der Waals surface area contributed by atoms with E-state index >= 15 is 0 Å². The second-order valence-electron chi connectivity index (χ2n) is 7.30. The zero-order valence-corrected chi connectivity index (χ0v) is 17.9. The van der Waals surface area contributed by atoms with Gasteiger partial charge >= 0.3 is 0 Å². The molecule has 0 N–H and O–H groups in total. The van der Waals surface area contributed by atoms with Gasteiger partial charge in [-0.25, -0.2) is 4.98 Å². The first-order valence-corrected chi connectivity index (χ1v) is 10.7. The molecule has 156 valence electrons. The van der Waals surface area contributed by atoms with Crippen molar-refractivity contribution in [1.82, 2.24) is 34.5 Å². The van der Waals surface area contributed by atoms with Gasteiger partial charge in [-0.2, -0.15) is 5.10 Å². The molecule has 1 unspecified atom stereocenters. The van der Waals surface area contributed by atoms with Crippen LogP contribution in [0.3, 0.4) is 0 Å². The van der Waals surface area contributed by atoms with Gasteiger partial charge in [0, 0.05) is 43.9 Å². The van der Waals surface area contributed by atoms with Crippen LogP contribution in [0.15, 0.2) is 60.3 Å². The third kappa shape index (κ3) is 3.70. The molecule has 1 saturated heterocycles. The first kappa shape index (κ1) is 19.4. The average molecular weight is 433 g/mol. The van der Waals surface area contributed by atoms with E-state index in [9.17, 15) is 4.79 Å². The molecule has 4 aromatic rings. The van der Waals surface area contributed by atoms with Crippen molar-refractivity contribution in [2.24, 2.45) is 7.05 Å². The van der Waals surface area contributed by atoms with Crippen molar-refractivity contribution < 1.29 is 4.79 Å². The molecule has 10 heteroatoms. The van der Waals surface area contributed by atoms with Crippen molar-refractivity contribution in [2.75, 3.05) is 11.4 Å². The minimum absolute atomic E-state index is 0.0307. The Morgan fingerprint density at radius 2 is 1.94 bits per heavy atom. The van der Waals surface area contributed by atoms with Crippen molar-refractivity contribution in [3.05, 3.63) is 60.7 Å². The fraction of sp³-hybridized carbons (Fsp3) is 0.238. The van der Waals surface area contributed by atoms with Gasteiger partial charge in [-0.15, -0.1) is 10.2 Å². The fourth-order valence-corrected chi connectivity index (χ4v) is 4.61. The highest BCUT2D eigenvalue weighted by atomic mass is 32.2. The normalized spacial score (nSPS) is 16.3. The second-order valence-corrected chi connectivity index (χ2v) is 8.47. The van der Waals surface area contributed by atoms with E-state index in [1.165, 1.54) is 11.8 Å².